The van der Waals surface area contributed by atoms with E-state index in [1.807, 2.05) is 38.1 Å². The molecule has 0 N–H and O–H groups in total. The Morgan fingerprint density at radius 3 is 2.47 bits per heavy atom. The van der Waals surface area contributed by atoms with Gasteiger partial charge in [-0.1, -0.05) is 26.0 Å². The summed E-state index contributed by atoms with van der Waals surface area (Å²) in [5, 5.41) is 0. The summed E-state index contributed by atoms with van der Waals surface area (Å²) in [6.07, 6.45) is 1.32. The first kappa shape index (κ1) is 13.6. The van der Waals surface area contributed by atoms with E-state index < -0.39 is 0 Å². The maximum absolute atomic E-state index is 11.4. The highest BCUT2D eigenvalue weighted by atomic mass is 16.5. The molecule has 0 amide bonds. The minimum atomic E-state index is 0.112. The number of Topliss-reactive ketones (excluding diaryl/α,β-unsaturated/α-hetero) is 1. The van der Waals surface area contributed by atoms with Crippen molar-refractivity contribution >= 4 is 5.78 Å². The van der Waals surface area contributed by atoms with Crippen molar-refractivity contribution in [2.24, 2.45) is 5.92 Å². The van der Waals surface area contributed by atoms with E-state index in [0.29, 0.717) is 13.0 Å². The fourth-order valence-electron chi connectivity index (χ4n) is 1.46. The van der Waals surface area contributed by atoms with Crippen LogP contribution in [0.3, 0.4) is 0 Å². The number of methoxy groups -OCH3 is 1. The van der Waals surface area contributed by atoms with E-state index >= 15 is 0 Å². The second-order valence-corrected chi connectivity index (χ2v) is 4.22. The summed E-state index contributed by atoms with van der Waals surface area (Å²) in [7, 11) is 1.62. The molecule has 0 saturated carbocycles. The molecule has 0 bridgehead atoms. The lowest BCUT2D eigenvalue weighted by atomic mass is 10.1. The number of rotatable bonds is 7. The quantitative estimate of drug-likeness (QED) is 0.682. The van der Waals surface area contributed by atoms with Crippen LogP contribution in [0.1, 0.15) is 26.7 Å². The van der Waals surface area contributed by atoms with Crippen LogP contribution in [0.25, 0.3) is 0 Å². The van der Waals surface area contributed by atoms with Crippen LogP contribution in [-0.2, 0) is 4.79 Å². The Hall–Kier alpha value is -1.51. The van der Waals surface area contributed by atoms with Gasteiger partial charge in [0.15, 0.2) is 11.5 Å². The van der Waals surface area contributed by atoms with Gasteiger partial charge in [0.05, 0.1) is 13.7 Å². The summed E-state index contributed by atoms with van der Waals surface area (Å²) in [6.45, 7) is 4.38. The van der Waals surface area contributed by atoms with Crippen LogP contribution < -0.4 is 9.47 Å². The Balaban J connectivity index is 2.33. The molecule has 3 heteroatoms. The first-order valence-electron chi connectivity index (χ1n) is 5.93. The molecule has 0 aliphatic rings. The van der Waals surface area contributed by atoms with Gasteiger partial charge in [0, 0.05) is 12.3 Å². The van der Waals surface area contributed by atoms with Crippen molar-refractivity contribution in [1.82, 2.24) is 0 Å². The monoisotopic (exact) mass is 236 g/mol. The predicted molar refractivity (Wildman–Crippen MR) is 67.6 cm³/mol. The van der Waals surface area contributed by atoms with Crippen molar-refractivity contribution in [3.05, 3.63) is 24.3 Å². The zero-order valence-electron chi connectivity index (χ0n) is 10.7. The molecule has 1 aromatic carbocycles. The number of benzene rings is 1. The third-order valence-electron chi connectivity index (χ3n) is 2.54. The first-order chi connectivity index (χ1) is 8.15. The van der Waals surface area contributed by atoms with E-state index in [9.17, 15) is 4.79 Å². The third-order valence-corrected chi connectivity index (χ3v) is 2.54. The number of hydrogen-bond acceptors (Lipinski definition) is 3. The van der Waals surface area contributed by atoms with Crippen LogP contribution in [-0.4, -0.2) is 19.5 Å². The molecule has 17 heavy (non-hydrogen) atoms. The second kappa shape index (κ2) is 6.94. The van der Waals surface area contributed by atoms with Gasteiger partial charge >= 0.3 is 0 Å². The maximum Gasteiger partial charge on any atom is 0.161 e. The smallest absolute Gasteiger partial charge is 0.161 e. The third kappa shape index (κ3) is 4.47. The zero-order valence-corrected chi connectivity index (χ0v) is 10.7. The van der Waals surface area contributed by atoms with E-state index in [2.05, 4.69) is 0 Å². The average molecular weight is 236 g/mol. The molecule has 94 valence electrons. The molecular weight excluding hydrogens is 216 g/mol. The Bertz CT molecular complexity index is 358. The lowest BCUT2D eigenvalue weighted by Crippen LogP contribution is -2.09. The first-order valence-corrected chi connectivity index (χ1v) is 5.93. The number of hydrogen-bond donors (Lipinski definition) is 0. The predicted octanol–water partition coefficient (Wildman–Crippen LogP) is 3.08. The summed E-state index contributed by atoms with van der Waals surface area (Å²) < 4.78 is 10.8. The largest absolute Gasteiger partial charge is 0.493 e. The van der Waals surface area contributed by atoms with Gasteiger partial charge < -0.3 is 9.47 Å². The number of carbonyl (C=O) groups excluding carboxylic acids is 1. The van der Waals surface area contributed by atoms with Crippen LogP contribution in [0.15, 0.2) is 24.3 Å². The summed E-state index contributed by atoms with van der Waals surface area (Å²) in [5.41, 5.74) is 0. The molecule has 0 saturated heterocycles. The number of para-hydroxylation sites is 2. The Morgan fingerprint density at radius 1 is 1.24 bits per heavy atom. The highest BCUT2D eigenvalue weighted by Crippen LogP contribution is 2.25. The topological polar surface area (TPSA) is 35.5 Å². The molecule has 1 aromatic rings. The van der Waals surface area contributed by atoms with Gasteiger partial charge in [0.25, 0.3) is 0 Å². The molecule has 0 aliphatic carbocycles. The molecule has 1 rings (SSSR count). The van der Waals surface area contributed by atoms with E-state index in [-0.39, 0.29) is 11.7 Å². The van der Waals surface area contributed by atoms with Gasteiger partial charge in [-0.05, 0) is 18.6 Å². The van der Waals surface area contributed by atoms with Crippen LogP contribution in [0.2, 0.25) is 0 Å². The van der Waals surface area contributed by atoms with Gasteiger partial charge in [-0.2, -0.15) is 0 Å². The van der Waals surface area contributed by atoms with Crippen molar-refractivity contribution in [2.75, 3.05) is 13.7 Å². The van der Waals surface area contributed by atoms with Gasteiger partial charge in [0.2, 0.25) is 0 Å². The normalized spacial score (nSPS) is 10.4. The molecule has 3 nitrogen and oxygen atoms in total. The van der Waals surface area contributed by atoms with E-state index in [0.717, 1.165) is 17.9 Å². The number of ketones is 1. The molecule has 0 unspecified atom stereocenters. The van der Waals surface area contributed by atoms with E-state index in [1.54, 1.807) is 7.11 Å². The fourth-order valence-corrected chi connectivity index (χ4v) is 1.46. The van der Waals surface area contributed by atoms with Crippen LogP contribution >= 0.6 is 0 Å². The standard InChI is InChI=1S/C14H20O3/c1-11(2)12(15)7-6-10-17-14-9-5-4-8-13(14)16-3/h4-5,8-9,11H,6-7,10H2,1-3H3. The maximum atomic E-state index is 11.4. The van der Waals surface area contributed by atoms with Crippen molar-refractivity contribution in [3.8, 4) is 11.5 Å². The molecule has 0 aliphatic heterocycles. The summed E-state index contributed by atoms with van der Waals surface area (Å²) in [4.78, 5) is 11.4. The van der Waals surface area contributed by atoms with Gasteiger partial charge in [0.1, 0.15) is 5.78 Å². The van der Waals surface area contributed by atoms with E-state index in [4.69, 9.17) is 9.47 Å². The zero-order chi connectivity index (χ0) is 12.7. The Kier molecular flexibility index (Phi) is 5.53. The summed E-state index contributed by atoms with van der Waals surface area (Å²) in [5.74, 6) is 1.85. The van der Waals surface area contributed by atoms with Crippen molar-refractivity contribution in [2.45, 2.75) is 26.7 Å². The molecule has 0 radical (unpaired) electrons. The molecule has 0 aromatic heterocycles. The van der Waals surface area contributed by atoms with Crippen molar-refractivity contribution in [1.29, 1.82) is 0 Å². The SMILES string of the molecule is COc1ccccc1OCCCC(=O)C(C)C. The summed E-state index contributed by atoms with van der Waals surface area (Å²) in [6, 6.07) is 7.52. The molecular formula is C14H20O3. The number of carbonyl (C=O) groups is 1. The fraction of sp³-hybridized carbons (Fsp3) is 0.500. The van der Waals surface area contributed by atoms with Crippen molar-refractivity contribution in [3.63, 3.8) is 0 Å². The highest BCUT2D eigenvalue weighted by Gasteiger charge is 2.07. The van der Waals surface area contributed by atoms with Gasteiger partial charge in [-0.15, -0.1) is 0 Å². The summed E-state index contributed by atoms with van der Waals surface area (Å²) >= 11 is 0. The minimum Gasteiger partial charge on any atom is -0.493 e. The lowest BCUT2D eigenvalue weighted by Gasteiger charge is -2.10. The van der Waals surface area contributed by atoms with Gasteiger partial charge in [-0.25, -0.2) is 0 Å². The average Bonchev–Trinajstić information content (AvgIpc) is 2.34. The Morgan fingerprint density at radius 2 is 1.88 bits per heavy atom. The molecule has 0 heterocycles. The second-order valence-electron chi connectivity index (χ2n) is 4.22. The van der Waals surface area contributed by atoms with Crippen LogP contribution in [0.4, 0.5) is 0 Å². The van der Waals surface area contributed by atoms with E-state index in [1.165, 1.54) is 0 Å². The molecule has 0 atom stereocenters. The highest BCUT2D eigenvalue weighted by molar-refractivity contribution is 5.80. The van der Waals surface area contributed by atoms with Gasteiger partial charge in [-0.3, -0.25) is 4.79 Å². The molecule has 0 fully saturated rings. The van der Waals surface area contributed by atoms with Crippen LogP contribution in [0, 0.1) is 5.92 Å². The van der Waals surface area contributed by atoms with Crippen LogP contribution in [0.5, 0.6) is 11.5 Å². The Labute approximate surface area is 103 Å². The van der Waals surface area contributed by atoms with Crippen molar-refractivity contribution < 1.29 is 14.3 Å². The number of ether oxygens (including phenoxy) is 2. The minimum absolute atomic E-state index is 0.112. The lowest BCUT2D eigenvalue weighted by molar-refractivity contribution is -0.122. The molecule has 0 spiro atoms.